The van der Waals surface area contributed by atoms with Crippen LogP contribution in [0, 0.1) is 0 Å². The highest BCUT2D eigenvalue weighted by molar-refractivity contribution is 6.21. The summed E-state index contributed by atoms with van der Waals surface area (Å²) in [4.78, 5) is 0. The summed E-state index contributed by atoms with van der Waals surface area (Å²) in [6.45, 7) is 0. The first-order chi connectivity index (χ1) is 22.3. The Hall–Kier alpha value is -5.14. The van der Waals surface area contributed by atoms with Gasteiger partial charge in [0.15, 0.2) is 0 Å². The van der Waals surface area contributed by atoms with E-state index in [4.69, 9.17) is 14.0 Å². The molecule has 0 saturated heterocycles. The van der Waals surface area contributed by atoms with Crippen molar-refractivity contribution in [3.05, 3.63) is 145 Å². The van der Waals surface area contributed by atoms with Crippen molar-refractivity contribution in [2.45, 2.75) is 0 Å². The fourth-order valence-electron chi connectivity index (χ4n) is 5.72. The van der Waals surface area contributed by atoms with Crippen LogP contribution < -0.4 is 0 Å². The second-order valence-electron chi connectivity index (χ2n) is 9.55. The molecule has 7 aromatic carbocycles. The lowest BCUT2D eigenvalue weighted by Gasteiger charge is -2.18. The third-order valence-corrected chi connectivity index (χ3v) is 7.37. The first-order valence-corrected chi connectivity index (χ1v) is 12.8. The number of rotatable bonds is 3. The minimum Gasteiger partial charge on any atom is -0.455 e. The van der Waals surface area contributed by atoms with Crippen LogP contribution in [0.15, 0.2) is 150 Å². The highest BCUT2D eigenvalue weighted by Crippen LogP contribution is 2.44. The van der Waals surface area contributed by atoms with Gasteiger partial charge in [-0.05, 0) is 61.5 Å². The van der Waals surface area contributed by atoms with Crippen LogP contribution in [0.25, 0.3) is 76.9 Å². The van der Waals surface area contributed by atoms with Crippen molar-refractivity contribution < 1.29 is 14.0 Å². The van der Waals surface area contributed by atoms with Gasteiger partial charge in [-0.15, -0.1) is 0 Å². The molecule has 0 N–H and O–H groups in total. The van der Waals surface area contributed by atoms with Crippen LogP contribution in [0.3, 0.4) is 0 Å². The highest BCUT2D eigenvalue weighted by Gasteiger charge is 2.17. The lowest BCUT2D eigenvalue weighted by atomic mass is 9.85. The standard InChI is InChI=1S/C38H24O/c1-2-12-25(13-3-1)36-30-17-4-6-19-32(30)37(33-20-7-5-18-31(33)36)27-15-10-14-26(24-27)28-21-11-22-34-29-16-8-9-23-35(29)39-38(28)34/h1-24H/i8D,9D,11D,16D,21D,22D,23D. The molecule has 8 aromatic rings. The van der Waals surface area contributed by atoms with E-state index >= 15 is 0 Å². The second-order valence-corrected chi connectivity index (χ2v) is 9.55. The van der Waals surface area contributed by atoms with E-state index in [0.29, 0.717) is 5.56 Å². The van der Waals surface area contributed by atoms with Crippen LogP contribution in [-0.4, -0.2) is 0 Å². The van der Waals surface area contributed by atoms with Crippen molar-refractivity contribution in [1.82, 2.24) is 0 Å². The molecular formula is C38H24O. The lowest BCUT2D eigenvalue weighted by molar-refractivity contribution is 0.670. The van der Waals surface area contributed by atoms with Gasteiger partial charge < -0.3 is 4.42 Å². The summed E-state index contributed by atoms with van der Waals surface area (Å²) in [5.41, 5.74) is 5.02. The van der Waals surface area contributed by atoms with Gasteiger partial charge in [-0.2, -0.15) is 0 Å². The summed E-state index contributed by atoms with van der Waals surface area (Å²) in [6, 6.07) is 32.2. The molecule has 0 aliphatic heterocycles. The average Bonchev–Trinajstić information content (AvgIpc) is 3.49. The van der Waals surface area contributed by atoms with Crippen LogP contribution in [-0.2, 0) is 0 Å². The van der Waals surface area contributed by atoms with Crippen LogP contribution in [0.2, 0.25) is 0 Å². The number of fused-ring (bicyclic) bond motifs is 5. The second kappa shape index (κ2) is 8.72. The zero-order valence-electron chi connectivity index (χ0n) is 27.7. The summed E-state index contributed by atoms with van der Waals surface area (Å²) >= 11 is 0. The number of hydrogen-bond acceptors (Lipinski definition) is 1. The van der Waals surface area contributed by atoms with Crippen molar-refractivity contribution in [2.24, 2.45) is 0 Å². The quantitative estimate of drug-likeness (QED) is 0.219. The van der Waals surface area contributed by atoms with Gasteiger partial charge >= 0.3 is 0 Å². The van der Waals surface area contributed by atoms with Gasteiger partial charge in [0.25, 0.3) is 0 Å². The Morgan fingerprint density at radius 3 is 1.72 bits per heavy atom. The molecule has 1 nitrogen and oxygen atoms in total. The first kappa shape index (κ1) is 16.0. The Kier molecular flexibility index (Phi) is 3.57. The Morgan fingerprint density at radius 2 is 1.00 bits per heavy atom. The molecule has 0 aliphatic rings. The van der Waals surface area contributed by atoms with E-state index in [9.17, 15) is 0 Å². The number of hydrogen-bond donors (Lipinski definition) is 0. The van der Waals surface area contributed by atoms with Gasteiger partial charge in [-0.3, -0.25) is 0 Å². The van der Waals surface area contributed by atoms with E-state index in [0.717, 1.165) is 43.8 Å². The van der Waals surface area contributed by atoms with E-state index in [1.54, 1.807) is 0 Å². The molecule has 182 valence electrons. The SMILES string of the molecule is [2H]c1c([2H])c([2H])c2c(oc3c(-c4cccc(-c5c6ccccc6c(-c6ccccc6)c6ccccc56)c4)c([2H])c([2H])c([2H])c32)c1[2H]. The molecule has 0 aliphatic carbocycles. The predicted molar refractivity (Wildman–Crippen MR) is 165 cm³/mol. The molecule has 1 heteroatoms. The molecule has 0 radical (unpaired) electrons. The molecule has 1 aromatic heterocycles. The summed E-state index contributed by atoms with van der Waals surface area (Å²) in [5.74, 6) is 0. The van der Waals surface area contributed by atoms with Gasteiger partial charge in [-0.25, -0.2) is 0 Å². The molecule has 0 unspecified atom stereocenters. The maximum atomic E-state index is 8.95. The van der Waals surface area contributed by atoms with Gasteiger partial charge in [0.1, 0.15) is 11.2 Å². The van der Waals surface area contributed by atoms with Crippen molar-refractivity contribution >= 4 is 43.5 Å². The van der Waals surface area contributed by atoms with Gasteiger partial charge in [0.05, 0.1) is 9.60 Å². The maximum Gasteiger partial charge on any atom is 0.143 e. The molecule has 39 heavy (non-hydrogen) atoms. The van der Waals surface area contributed by atoms with E-state index in [-0.39, 0.29) is 57.7 Å². The average molecular weight is 504 g/mol. The summed E-state index contributed by atoms with van der Waals surface area (Å²) in [5, 5.41) is 4.47. The van der Waals surface area contributed by atoms with Gasteiger partial charge in [0, 0.05) is 16.3 Å². The topological polar surface area (TPSA) is 13.1 Å². The highest BCUT2D eigenvalue weighted by atomic mass is 16.3. The summed E-state index contributed by atoms with van der Waals surface area (Å²) < 4.78 is 65.8. The maximum absolute atomic E-state index is 8.95. The predicted octanol–water partition coefficient (Wildman–Crippen LogP) is 10.9. The van der Waals surface area contributed by atoms with Crippen molar-refractivity contribution in [2.75, 3.05) is 0 Å². The monoisotopic (exact) mass is 503 g/mol. The molecule has 0 atom stereocenters. The Morgan fingerprint density at radius 1 is 0.436 bits per heavy atom. The lowest BCUT2D eigenvalue weighted by Crippen LogP contribution is -1.91. The molecule has 0 spiro atoms. The van der Waals surface area contributed by atoms with E-state index in [2.05, 4.69) is 36.4 Å². The Balaban J connectivity index is 1.46. The minimum atomic E-state index is -0.443. The molecule has 0 bridgehead atoms. The molecule has 0 saturated carbocycles. The van der Waals surface area contributed by atoms with Gasteiger partial charge in [0.2, 0.25) is 0 Å². The fraction of sp³-hybridized carbons (Fsp3) is 0. The van der Waals surface area contributed by atoms with Crippen molar-refractivity contribution in [3.63, 3.8) is 0 Å². The zero-order valence-corrected chi connectivity index (χ0v) is 20.7. The largest absolute Gasteiger partial charge is 0.455 e. The van der Waals surface area contributed by atoms with Crippen LogP contribution in [0.5, 0.6) is 0 Å². The number of furan rings is 1. The molecule has 8 rings (SSSR count). The molecule has 1 heterocycles. The zero-order chi connectivity index (χ0) is 31.9. The van der Waals surface area contributed by atoms with E-state index in [1.165, 1.54) is 0 Å². The normalized spacial score (nSPS) is 14.1. The third kappa shape index (κ3) is 3.41. The van der Waals surface area contributed by atoms with Crippen LogP contribution in [0.4, 0.5) is 0 Å². The molecule has 0 fully saturated rings. The van der Waals surface area contributed by atoms with Crippen LogP contribution >= 0.6 is 0 Å². The fourth-order valence-corrected chi connectivity index (χ4v) is 5.72. The summed E-state index contributed by atoms with van der Waals surface area (Å²) in [7, 11) is 0. The van der Waals surface area contributed by atoms with Crippen LogP contribution in [0.1, 0.15) is 9.60 Å². The van der Waals surface area contributed by atoms with E-state index < -0.39 is 12.1 Å². The number of para-hydroxylation sites is 2. The van der Waals surface area contributed by atoms with Gasteiger partial charge in [-0.1, -0.05) is 133 Å². The summed E-state index contributed by atoms with van der Waals surface area (Å²) in [6.07, 6.45) is 0. The number of benzene rings is 7. The Labute approximate surface area is 236 Å². The molecule has 0 amide bonds. The Bertz CT molecular complexity index is 2500. The molecular weight excluding hydrogens is 472 g/mol. The van der Waals surface area contributed by atoms with E-state index in [1.807, 2.05) is 66.7 Å². The minimum absolute atomic E-state index is 0.0467. The third-order valence-electron chi connectivity index (χ3n) is 7.37. The van der Waals surface area contributed by atoms with Crippen molar-refractivity contribution in [3.8, 4) is 33.4 Å². The smallest absolute Gasteiger partial charge is 0.143 e. The van der Waals surface area contributed by atoms with Crippen molar-refractivity contribution in [1.29, 1.82) is 0 Å². The first-order valence-electron chi connectivity index (χ1n) is 16.3.